The zero-order chi connectivity index (χ0) is 14.7. The number of aryl methyl sites for hydroxylation is 3. The van der Waals surface area contributed by atoms with Gasteiger partial charge in [-0.3, -0.25) is 9.36 Å². The molecule has 0 fully saturated rings. The van der Waals surface area contributed by atoms with Crippen LogP contribution < -0.4 is 5.32 Å². The van der Waals surface area contributed by atoms with E-state index in [0.717, 1.165) is 36.6 Å². The van der Waals surface area contributed by atoms with Crippen LogP contribution in [0.3, 0.4) is 0 Å². The molecule has 6 heteroatoms. The zero-order valence-electron chi connectivity index (χ0n) is 13.6. The molecule has 0 spiro atoms. The minimum Gasteiger partial charge on any atom is -0.378 e. The summed E-state index contributed by atoms with van der Waals surface area (Å²) in [6.45, 7) is 12.3. The van der Waals surface area contributed by atoms with E-state index in [1.54, 1.807) is 0 Å². The molecule has 0 amide bonds. The molecule has 0 saturated carbocycles. The van der Waals surface area contributed by atoms with Gasteiger partial charge in [0, 0.05) is 37.1 Å². The minimum atomic E-state index is 0. The maximum atomic E-state index is 4.54. The smallest absolute Gasteiger partial charge is 0.0825 e. The molecule has 2 aromatic heterocycles. The van der Waals surface area contributed by atoms with Gasteiger partial charge in [0.15, 0.2) is 0 Å². The first-order valence-electron chi connectivity index (χ1n) is 7.33. The number of nitrogens with zero attached hydrogens (tertiary/aromatic N) is 4. The van der Waals surface area contributed by atoms with Crippen LogP contribution in [0, 0.1) is 13.8 Å². The number of rotatable bonds is 6. The van der Waals surface area contributed by atoms with Crippen LogP contribution in [-0.4, -0.2) is 19.6 Å². The molecule has 2 rings (SSSR count). The third kappa shape index (κ3) is 4.24. The van der Waals surface area contributed by atoms with E-state index in [-0.39, 0.29) is 12.4 Å². The van der Waals surface area contributed by atoms with Gasteiger partial charge in [-0.05, 0) is 34.1 Å². The second-order valence-electron chi connectivity index (χ2n) is 5.56. The molecule has 0 aliphatic carbocycles. The number of halogens is 1. The molecule has 2 aromatic rings. The summed E-state index contributed by atoms with van der Waals surface area (Å²) in [5.41, 5.74) is 4.48. The first-order chi connectivity index (χ1) is 9.51. The van der Waals surface area contributed by atoms with Gasteiger partial charge in [0.2, 0.25) is 0 Å². The van der Waals surface area contributed by atoms with Crippen molar-refractivity contribution in [1.82, 2.24) is 19.6 Å². The first-order valence-corrected chi connectivity index (χ1v) is 7.33. The lowest BCUT2D eigenvalue weighted by molar-refractivity contribution is 0.529. The van der Waals surface area contributed by atoms with Crippen LogP contribution in [0.5, 0.6) is 0 Å². The van der Waals surface area contributed by atoms with Crippen molar-refractivity contribution in [2.75, 3.05) is 5.32 Å². The van der Waals surface area contributed by atoms with Gasteiger partial charge in [-0.2, -0.15) is 10.2 Å². The maximum absolute atomic E-state index is 4.54. The molecule has 0 aliphatic heterocycles. The Morgan fingerprint density at radius 1 is 1.14 bits per heavy atom. The van der Waals surface area contributed by atoms with E-state index in [0.29, 0.717) is 6.04 Å². The Hall–Kier alpha value is -1.49. The van der Waals surface area contributed by atoms with Crippen LogP contribution in [0.1, 0.15) is 50.2 Å². The Bertz CT molecular complexity index is 571. The van der Waals surface area contributed by atoms with E-state index in [9.17, 15) is 0 Å². The highest BCUT2D eigenvalue weighted by Crippen LogP contribution is 2.16. The summed E-state index contributed by atoms with van der Waals surface area (Å²) in [5, 5.41) is 12.5. The van der Waals surface area contributed by atoms with Crippen molar-refractivity contribution in [2.45, 2.75) is 60.2 Å². The molecule has 0 atom stereocenters. The van der Waals surface area contributed by atoms with Gasteiger partial charge >= 0.3 is 0 Å². The molecular weight excluding hydrogens is 286 g/mol. The van der Waals surface area contributed by atoms with Gasteiger partial charge < -0.3 is 5.32 Å². The molecule has 0 aromatic carbocycles. The molecule has 118 valence electrons. The third-order valence-corrected chi connectivity index (χ3v) is 3.42. The lowest BCUT2D eigenvalue weighted by Crippen LogP contribution is -2.01. The van der Waals surface area contributed by atoms with Crippen LogP contribution in [0.25, 0.3) is 0 Å². The average molecular weight is 312 g/mol. The summed E-state index contributed by atoms with van der Waals surface area (Å²) < 4.78 is 4.02. The van der Waals surface area contributed by atoms with E-state index < -0.39 is 0 Å². The fraction of sp³-hybridized carbons (Fsp3) is 0.600. The van der Waals surface area contributed by atoms with E-state index in [1.165, 1.54) is 5.56 Å². The Balaban J connectivity index is 0.00000220. The number of hydrogen-bond donors (Lipinski definition) is 1. The number of nitrogens with one attached hydrogen (secondary N) is 1. The van der Waals surface area contributed by atoms with Gasteiger partial charge in [-0.25, -0.2) is 0 Å². The highest BCUT2D eigenvalue weighted by molar-refractivity contribution is 5.85. The Labute approximate surface area is 133 Å². The average Bonchev–Trinajstić information content (AvgIpc) is 2.91. The van der Waals surface area contributed by atoms with E-state index >= 15 is 0 Å². The predicted molar refractivity (Wildman–Crippen MR) is 89.2 cm³/mol. The predicted octanol–water partition coefficient (Wildman–Crippen LogP) is 3.72. The summed E-state index contributed by atoms with van der Waals surface area (Å²) in [6, 6.07) is 0.400. The molecule has 0 bridgehead atoms. The second-order valence-corrected chi connectivity index (χ2v) is 5.56. The van der Waals surface area contributed by atoms with Gasteiger partial charge in [0.1, 0.15) is 0 Å². The molecule has 0 saturated heterocycles. The lowest BCUT2D eigenvalue weighted by Gasteiger charge is -2.04. The van der Waals surface area contributed by atoms with Gasteiger partial charge in [0.25, 0.3) is 0 Å². The number of aromatic nitrogens is 4. The molecule has 0 radical (unpaired) electrons. The van der Waals surface area contributed by atoms with Crippen molar-refractivity contribution in [1.29, 1.82) is 0 Å². The quantitative estimate of drug-likeness (QED) is 0.884. The fourth-order valence-corrected chi connectivity index (χ4v) is 2.18. The zero-order valence-corrected chi connectivity index (χ0v) is 14.4. The van der Waals surface area contributed by atoms with Gasteiger partial charge in [0.05, 0.1) is 17.1 Å². The van der Waals surface area contributed by atoms with Crippen LogP contribution in [0.2, 0.25) is 0 Å². The summed E-state index contributed by atoms with van der Waals surface area (Å²) in [4.78, 5) is 0. The van der Waals surface area contributed by atoms with Crippen molar-refractivity contribution in [3.05, 3.63) is 29.3 Å². The normalized spacial score (nSPS) is 10.8. The molecule has 2 heterocycles. The molecule has 21 heavy (non-hydrogen) atoms. The van der Waals surface area contributed by atoms with Crippen LogP contribution in [-0.2, 0) is 13.1 Å². The molecular formula is C15H26ClN5. The molecule has 0 unspecified atom stereocenters. The van der Waals surface area contributed by atoms with Crippen LogP contribution in [0.4, 0.5) is 5.69 Å². The maximum Gasteiger partial charge on any atom is 0.0825 e. The number of hydrogen-bond acceptors (Lipinski definition) is 3. The SMILES string of the molecule is CCCn1cc(NCc2cn(C(C)C)nc2C)c(C)n1.Cl. The number of anilines is 1. The molecule has 0 aliphatic rings. The summed E-state index contributed by atoms with van der Waals surface area (Å²) in [7, 11) is 0. The van der Waals surface area contributed by atoms with E-state index in [2.05, 4.69) is 55.6 Å². The van der Waals surface area contributed by atoms with Gasteiger partial charge in [-0.15, -0.1) is 12.4 Å². The summed E-state index contributed by atoms with van der Waals surface area (Å²) in [6.07, 6.45) is 5.31. The minimum absolute atomic E-state index is 0. The van der Waals surface area contributed by atoms with Crippen molar-refractivity contribution in [3.8, 4) is 0 Å². The monoisotopic (exact) mass is 311 g/mol. The molecule has 5 nitrogen and oxygen atoms in total. The highest BCUT2D eigenvalue weighted by Gasteiger charge is 2.09. The van der Waals surface area contributed by atoms with Crippen molar-refractivity contribution in [3.63, 3.8) is 0 Å². The van der Waals surface area contributed by atoms with Crippen molar-refractivity contribution in [2.24, 2.45) is 0 Å². The first kappa shape index (κ1) is 17.6. The topological polar surface area (TPSA) is 47.7 Å². The second kappa shape index (κ2) is 7.50. The standard InChI is InChI=1S/C15H25N5.ClH/c1-6-7-19-10-15(13(5)17-19)16-8-14-9-20(11(2)3)18-12(14)4;/h9-11,16H,6-8H2,1-5H3;1H. The molecule has 1 N–H and O–H groups in total. The van der Waals surface area contributed by atoms with Gasteiger partial charge in [-0.1, -0.05) is 6.92 Å². The van der Waals surface area contributed by atoms with Crippen LogP contribution >= 0.6 is 12.4 Å². The Kier molecular flexibility index (Phi) is 6.27. The van der Waals surface area contributed by atoms with Crippen molar-refractivity contribution < 1.29 is 0 Å². The third-order valence-electron chi connectivity index (χ3n) is 3.42. The summed E-state index contributed by atoms with van der Waals surface area (Å²) >= 11 is 0. The van der Waals surface area contributed by atoms with Crippen molar-refractivity contribution >= 4 is 18.1 Å². The van der Waals surface area contributed by atoms with E-state index in [1.807, 2.05) is 16.3 Å². The Morgan fingerprint density at radius 2 is 1.86 bits per heavy atom. The van der Waals surface area contributed by atoms with E-state index in [4.69, 9.17) is 0 Å². The summed E-state index contributed by atoms with van der Waals surface area (Å²) in [5.74, 6) is 0. The van der Waals surface area contributed by atoms with Crippen LogP contribution in [0.15, 0.2) is 12.4 Å². The Morgan fingerprint density at radius 3 is 2.43 bits per heavy atom. The lowest BCUT2D eigenvalue weighted by atomic mass is 10.2. The largest absolute Gasteiger partial charge is 0.378 e. The highest BCUT2D eigenvalue weighted by atomic mass is 35.5. The fourth-order valence-electron chi connectivity index (χ4n) is 2.18.